The Balaban J connectivity index is 0.000000141. The predicted molar refractivity (Wildman–Crippen MR) is 458 cm³/mol. The molecule has 0 N–H and O–H groups in total. The summed E-state index contributed by atoms with van der Waals surface area (Å²) in [6.07, 6.45) is 3.76. The second-order valence-corrected chi connectivity index (χ2v) is 28.0. The lowest BCUT2D eigenvalue weighted by molar-refractivity contribution is 1.07. The van der Waals surface area contributed by atoms with Crippen LogP contribution in [0, 0.1) is 0 Å². The average molecular weight is 1430 g/mol. The number of nitrogens with zero attached hydrogens (tertiary/aromatic N) is 11. The van der Waals surface area contributed by atoms with Gasteiger partial charge >= 0.3 is 0 Å². The molecule has 8 heterocycles. The van der Waals surface area contributed by atoms with Crippen molar-refractivity contribution in [3.05, 3.63) is 395 Å². The Kier molecular flexibility index (Phi) is 15.9. The van der Waals surface area contributed by atoms with Crippen molar-refractivity contribution in [2.45, 2.75) is 0 Å². The maximum atomic E-state index is 5.06. The van der Waals surface area contributed by atoms with Crippen LogP contribution in [0.3, 0.4) is 0 Å². The molecule has 0 aliphatic rings. The molecule has 8 aromatic heterocycles. The van der Waals surface area contributed by atoms with Gasteiger partial charge in [0.25, 0.3) is 0 Å². The van der Waals surface area contributed by atoms with Gasteiger partial charge in [-0.15, -0.1) is 0 Å². The third kappa shape index (κ3) is 11.5. The number of para-hydroxylation sites is 4. The number of benzene rings is 14. The topological polar surface area (TPSA) is 110 Å². The fourth-order valence-corrected chi connectivity index (χ4v) is 16.1. The lowest BCUT2D eigenvalue weighted by Crippen LogP contribution is -2.00. The van der Waals surface area contributed by atoms with Gasteiger partial charge in [0.05, 0.1) is 66.6 Å². The van der Waals surface area contributed by atoms with E-state index in [1.54, 1.807) is 0 Å². The van der Waals surface area contributed by atoms with E-state index < -0.39 is 0 Å². The van der Waals surface area contributed by atoms with E-state index in [4.69, 9.17) is 34.9 Å². The standard InChI is InChI=1S/C51H33N5.C50H32N6/c1-4-13-34(14-5-1)44-33-45(35-15-6-2-7-16-35)54-51(53-44)36-22-26-40(27-23-36)55-46-20-11-10-19-41(46)42-31-37(24-28-47(42)55)38-25-29-48-43(32-38)50-49(21-12-30-52-50)56(48)39-17-8-3-9-18-39;1-4-13-33(14-5-1)48-52-49(34-15-6-2-7-16-34)54-50(53-48)35-22-26-39(27-23-35)55-43-20-11-10-19-40(43)41-31-36(24-28-44(41)55)37-25-29-45-42(32-37)47-46(21-12-30-51-47)56(45)38-17-8-3-9-18-38/h1-33H;1-32H. The molecule has 0 saturated heterocycles. The van der Waals surface area contributed by atoms with E-state index >= 15 is 0 Å². The Morgan fingerprint density at radius 2 is 0.420 bits per heavy atom. The molecule has 0 radical (unpaired) electrons. The maximum Gasteiger partial charge on any atom is 0.164 e. The highest BCUT2D eigenvalue weighted by Gasteiger charge is 2.22. The van der Waals surface area contributed by atoms with Crippen LogP contribution in [0.5, 0.6) is 0 Å². The van der Waals surface area contributed by atoms with E-state index in [9.17, 15) is 0 Å². The zero-order valence-electron chi connectivity index (χ0n) is 60.4. The predicted octanol–water partition coefficient (Wildman–Crippen LogP) is 24.9. The van der Waals surface area contributed by atoms with Crippen molar-refractivity contribution in [2.24, 2.45) is 0 Å². The van der Waals surface area contributed by atoms with Crippen molar-refractivity contribution in [1.82, 2.24) is 53.2 Å². The molecule has 14 aromatic carbocycles. The summed E-state index contributed by atoms with van der Waals surface area (Å²) in [6, 6.07) is 134. The van der Waals surface area contributed by atoms with E-state index in [1.807, 2.05) is 122 Å². The van der Waals surface area contributed by atoms with E-state index in [1.165, 1.54) is 27.1 Å². The number of hydrogen-bond donors (Lipinski definition) is 0. The first-order valence-electron chi connectivity index (χ1n) is 37.6. The number of pyridine rings is 2. The van der Waals surface area contributed by atoms with E-state index in [0.717, 1.165) is 150 Å². The highest BCUT2D eigenvalue weighted by atomic mass is 15.0. The van der Waals surface area contributed by atoms with Gasteiger partial charge in [-0.1, -0.05) is 218 Å². The van der Waals surface area contributed by atoms with E-state index in [0.29, 0.717) is 23.3 Å². The van der Waals surface area contributed by atoms with Crippen LogP contribution in [0.4, 0.5) is 0 Å². The Morgan fingerprint density at radius 3 is 0.795 bits per heavy atom. The van der Waals surface area contributed by atoms with Crippen molar-refractivity contribution >= 4 is 87.5 Å². The molecule has 524 valence electrons. The van der Waals surface area contributed by atoms with Gasteiger partial charge in [0.2, 0.25) is 0 Å². The van der Waals surface area contributed by atoms with E-state index in [2.05, 4.69) is 291 Å². The van der Waals surface area contributed by atoms with Crippen LogP contribution >= 0.6 is 0 Å². The fourth-order valence-electron chi connectivity index (χ4n) is 16.1. The fraction of sp³-hybridized carbons (Fsp3) is 0. The number of rotatable bonds is 12. The molecular weight excluding hydrogens is 1370 g/mol. The Bertz CT molecular complexity index is 6770. The van der Waals surface area contributed by atoms with Gasteiger partial charge in [0, 0.05) is 101 Å². The van der Waals surface area contributed by atoms with Crippen molar-refractivity contribution in [3.8, 4) is 113 Å². The Labute approximate surface area is 644 Å². The molecule has 0 aliphatic heterocycles. The minimum absolute atomic E-state index is 0.634. The summed E-state index contributed by atoms with van der Waals surface area (Å²) in [7, 11) is 0. The second-order valence-electron chi connectivity index (χ2n) is 28.0. The molecule has 112 heavy (non-hydrogen) atoms. The van der Waals surface area contributed by atoms with Crippen LogP contribution in [0.1, 0.15) is 0 Å². The first-order valence-corrected chi connectivity index (χ1v) is 37.6. The van der Waals surface area contributed by atoms with Gasteiger partial charge < -0.3 is 18.3 Å². The SMILES string of the molecule is c1ccc(-c2cc(-c3ccccc3)nc(-c3ccc(-n4c5ccccc5c5cc(-c6ccc7c(c6)c6ncccc6n7-c6ccccc6)ccc54)cc3)n2)cc1.c1ccc(-c2nc(-c3ccccc3)nc(-c3ccc(-n4c5ccccc5c5cc(-c6ccc7c(c6)c6ncccc6n7-c6ccccc6)ccc54)cc3)n2)cc1. The first kappa shape index (κ1) is 65.0. The smallest absolute Gasteiger partial charge is 0.164 e. The van der Waals surface area contributed by atoms with Crippen LogP contribution in [0.15, 0.2) is 395 Å². The molecular formula is C101H65N11. The van der Waals surface area contributed by atoms with Crippen LogP contribution in [-0.4, -0.2) is 53.2 Å². The number of aromatic nitrogens is 11. The van der Waals surface area contributed by atoms with Crippen LogP contribution in [0.2, 0.25) is 0 Å². The third-order valence-corrected chi connectivity index (χ3v) is 21.4. The highest BCUT2D eigenvalue weighted by Crippen LogP contribution is 2.42. The minimum Gasteiger partial charge on any atom is -0.309 e. The zero-order chi connectivity index (χ0) is 74.0. The van der Waals surface area contributed by atoms with Gasteiger partial charge in [-0.25, -0.2) is 24.9 Å². The molecule has 0 saturated carbocycles. The van der Waals surface area contributed by atoms with E-state index in [-0.39, 0.29) is 0 Å². The maximum absolute atomic E-state index is 5.06. The largest absolute Gasteiger partial charge is 0.309 e. The van der Waals surface area contributed by atoms with Crippen molar-refractivity contribution in [1.29, 1.82) is 0 Å². The molecule has 0 fully saturated rings. The molecule has 0 bridgehead atoms. The van der Waals surface area contributed by atoms with Crippen molar-refractivity contribution < 1.29 is 0 Å². The molecule has 22 aromatic rings. The quantitative estimate of drug-likeness (QED) is 0.120. The lowest BCUT2D eigenvalue weighted by Gasteiger charge is -2.11. The zero-order valence-corrected chi connectivity index (χ0v) is 60.4. The summed E-state index contributed by atoms with van der Waals surface area (Å²) in [5, 5.41) is 7.09. The molecule has 11 nitrogen and oxygen atoms in total. The summed E-state index contributed by atoms with van der Waals surface area (Å²) < 4.78 is 9.30. The second kappa shape index (κ2) is 27.5. The third-order valence-electron chi connectivity index (χ3n) is 21.4. The van der Waals surface area contributed by atoms with Gasteiger partial charge in [0.15, 0.2) is 23.3 Å². The summed E-state index contributed by atoms with van der Waals surface area (Å²) in [5.41, 5.74) is 27.8. The van der Waals surface area contributed by atoms with Crippen LogP contribution in [0.25, 0.3) is 201 Å². The number of fused-ring (bicyclic) bond motifs is 12. The van der Waals surface area contributed by atoms with Crippen molar-refractivity contribution in [2.75, 3.05) is 0 Å². The highest BCUT2D eigenvalue weighted by molar-refractivity contribution is 6.14. The van der Waals surface area contributed by atoms with Crippen molar-refractivity contribution in [3.63, 3.8) is 0 Å². The molecule has 22 rings (SSSR count). The monoisotopic (exact) mass is 1430 g/mol. The van der Waals surface area contributed by atoms with Crippen LogP contribution in [-0.2, 0) is 0 Å². The van der Waals surface area contributed by atoms with Gasteiger partial charge in [-0.3, -0.25) is 9.97 Å². The number of hydrogen-bond acceptors (Lipinski definition) is 7. The minimum atomic E-state index is 0.634. The van der Waals surface area contributed by atoms with Gasteiger partial charge in [0.1, 0.15) is 0 Å². The normalized spacial score (nSPS) is 11.6. The van der Waals surface area contributed by atoms with Gasteiger partial charge in [-0.2, -0.15) is 0 Å². The summed E-state index contributed by atoms with van der Waals surface area (Å²) in [4.78, 5) is 34.6. The lowest BCUT2D eigenvalue weighted by atomic mass is 10.0. The average Bonchev–Trinajstić information content (AvgIpc) is 1.58. The molecule has 0 unspecified atom stereocenters. The summed E-state index contributed by atoms with van der Waals surface area (Å²) in [6.45, 7) is 0. The molecule has 0 amide bonds. The summed E-state index contributed by atoms with van der Waals surface area (Å²) in [5.74, 6) is 2.63. The molecule has 0 spiro atoms. The first-order chi connectivity index (χ1) is 55.5. The molecule has 11 heteroatoms. The Hall–Kier alpha value is -15.3. The molecule has 0 atom stereocenters. The summed E-state index contributed by atoms with van der Waals surface area (Å²) >= 11 is 0. The molecule has 0 aliphatic carbocycles. The van der Waals surface area contributed by atoms with Gasteiger partial charge in [-0.05, 0) is 186 Å². The Morgan fingerprint density at radius 1 is 0.161 bits per heavy atom. The van der Waals surface area contributed by atoms with Crippen LogP contribution < -0.4 is 0 Å².